The number of halogens is 1. The molecule has 8 nitrogen and oxygen atoms in total. The van der Waals surface area contributed by atoms with E-state index in [0.717, 1.165) is 17.3 Å². The van der Waals surface area contributed by atoms with Crippen LogP contribution < -0.4 is 10.6 Å². The molecule has 3 amide bonds. The van der Waals surface area contributed by atoms with Gasteiger partial charge in [-0.2, -0.15) is 0 Å². The minimum atomic E-state index is -1.39. The predicted octanol–water partition coefficient (Wildman–Crippen LogP) is 0.729. The van der Waals surface area contributed by atoms with Crippen molar-refractivity contribution in [2.75, 3.05) is 18.5 Å². The van der Waals surface area contributed by atoms with Gasteiger partial charge in [-0.25, -0.2) is 0 Å². The molecule has 3 fully saturated rings. The van der Waals surface area contributed by atoms with E-state index in [-0.39, 0.29) is 30.4 Å². The van der Waals surface area contributed by atoms with Crippen LogP contribution in [0.25, 0.3) is 0 Å². The van der Waals surface area contributed by atoms with Crippen molar-refractivity contribution in [2.24, 2.45) is 11.8 Å². The normalized spacial score (nSPS) is 36.7. The number of carbonyl (C=O) groups is 3. The lowest BCUT2D eigenvalue weighted by Gasteiger charge is -2.30. The van der Waals surface area contributed by atoms with Crippen molar-refractivity contribution in [1.82, 2.24) is 10.2 Å². The van der Waals surface area contributed by atoms with E-state index in [1.54, 1.807) is 19.1 Å². The molecule has 29 heavy (non-hydrogen) atoms. The second kappa shape index (κ2) is 6.60. The van der Waals surface area contributed by atoms with Crippen molar-refractivity contribution in [3.63, 3.8) is 0 Å². The summed E-state index contributed by atoms with van der Waals surface area (Å²) in [4.78, 5) is 41.2. The van der Waals surface area contributed by atoms with Gasteiger partial charge < -0.3 is 15.2 Å². The van der Waals surface area contributed by atoms with Gasteiger partial charge in [-0.05, 0) is 38.0 Å². The predicted molar refractivity (Wildman–Crippen MR) is 106 cm³/mol. The third kappa shape index (κ3) is 2.57. The Hall–Kier alpha value is -1.81. The Labute approximate surface area is 176 Å². The minimum Gasteiger partial charge on any atom is -0.392 e. The molecule has 9 heteroatoms. The lowest BCUT2D eigenvalue weighted by atomic mass is 9.76. The summed E-state index contributed by atoms with van der Waals surface area (Å²) in [5.74, 6) is -2.81. The molecular formula is C20H22BrN3O5. The molecular weight excluding hydrogens is 442 g/mol. The van der Waals surface area contributed by atoms with Crippen LogP contribution in [-0.2, 0) is 24.7 Å². The molecule has 0 aromatic heterocycles. The Balaban J connectivity index is 1.61. The van der Waals surface area contributed by atoms with Crippen LogP contribution in [0.5, 0.6) is 0 Å². The third-order valence-electron chi connectivity index (χ3n) is 6.63. The van der Waals surface area contributed by atoms with Crippen molar-refractivity contribution in [3.8, 4) is 0 Å². The Morgan fingerprint density at radius 1 is 1.34 bits per heavy atom. The third-order valence-corrected chi connectivity index (χ3v) is 7.13. The number of imide groups is 1. The average molecular weight is 464 g/mol. The van der Waals surface area contributed by atoms with Crippen molar-refractivity contribution < 1.29 is 24.2 Å². The van der Waals surface area contributed by atoms with Gasteiger partial charge in [0.2, 0.25) is 17.7 Å². The summed E-state index contributed by atoms with van der Waals surface area (Å²) in [6.07, 6.45) is 0.616. The van der Waals surface area contributed by atoms with E-state index in [9.17, 15) is 19.5 Å². The quantitative estimate of drug-likeness (QED) is 0.570. The summed E-state index contributed by atoms with van der Waals surface area (Å²) in [7, 11) is 0. The number of fused-ring (bicyclic) bond motifs is 4. The first-order valence-electron chi connectivity index (χ1n) is 9.88. The molecule has 0 saturated carbocycles. The largest absolute Gasteiger partial charge is 0.392 e. The zero-order valence-corrected chi connectivity index (χ0v) is 17.4. The topological polar surface area (TPSA) is 108 Å². The Kier molecular flexibility index (Phi) is 4.36. The Bertz CT molecular complexity index is 915. The molecule has 6 atom stereocenters. The van der Waals surface area contributed by atoms with E-state index in [0.29, 0.717) is 17.9 Å². The second-order valence-corrected chi connectivity index (χ2v) is 9.20. The van der Waals surface area contributed by atoms with E-state index in [1.807, 2.05) is 6.07 Å². The number of likely N-dealkylation sites (tertiary alicyclic amines) is 1. The van der Waals surface area contributed by atoms with E-state index in [4.69, 9.17) is 4.74 Å². The molecule has 3 saturated heterocycles. The summed E-state index contributed by atoms with van der Waals surface area (Å²) >= 11 is 3.43. The number of aliphatic hydroxyl groups is 1. The van der Waals surface area contributed by atoms with Gasteiger partial charge in [-0.1, -0.05) is 15.9 Å². The molecule has 1 spiro atoms. The van der Waals surface area contributed by atoms with Crippen LogP contribution in [0.15, 0.2) is 22.7 Å². The smallest absolute Gasteiger partial charge is 0.250 e. The van der Waals surface area contributed by atoms with Crippen LogP contribution in [0.3, 0.4) is 0 Å². The molecule has 1 aromatic carbocycles. The van der Waals surface area contributed by atoms with Gasteiger partial charge in [0.15, 0.2) is 0 Å². The van der Waals surface area contributed by atoms with Crippen LogP contribution >= 0.6 is 15.9 Å². The van der Waals surface area contributed by atoms with Gasteiger partial charge in [-0.15, -0.1) is 0 Å². The van der Waals surface area contributed by atoms with E-state index >= 15 is 0 Å². The monoisotopic (exact) mass is 463 g/mol. The standard InChI is InChI=1S/C20H22BrN3O5/c1-9(25)16-14-15(18(27)24(17(14)26)8-11-3-2-6-29-11)20(23-16)12-7-10(21)4-5-13(12)22-19(20)28/h4-5,7,9,11,14-16,23,25H,2-3,6,8H2,1H3,(H,22,28)/t9-,11-,14-,15-,16-,20-/m0/s1. The molecule has 5 rings (SSSR count). The minimum absolute atomic E-state index is 0.172. The zero-order valence-electron chi connectivity index (χ0n) is 15.9. The number of hydrogen-bond acceptors (Lipinski definition) is 6. The number of aliphatic hydroxyl groups excluding tert-OH is 1. The van der Waals surface area contributed by atoms with E-state index in [1.165, 1.54) is 4.90 Å². The number of benzene rings is 1. The Morgan fingerprint density at radius 2 is 2.14 bits per heavy atom. The fourth-order valence-electron chi connectivity index (χ4n) is 5.35. The van der Waals surface area contributed by atoms with Crippen molar-refractivity contribution in [1.29, 1.82) is 0 Å². The van der Waals surface area contributed by atoms with Gasteiger partial charge in [0, 0.05) is 28.4 Å². The molecule has 0 unspecified atom stereocenters. The lowest BCUT2D eigenvalue weighted by molar-refractivity contribution is -0.144. The number of rotatable bonds is 3. The maximum Gasteiger partial charge on any atom is 0.250 e. The highest BCUT2D eigenvalue weighted by molar-refractivity contribution is 9.10. The molecule has 3 N–H and O–H groups in total. The van der Waals surface area contributed by atoms with Crippen LogP contribution in [0.4, 0.5) is 5.69 Å². The number of ether oxygens (including phenoxy) is 1. The summed E-state index contributed by atoms with van der Waals surface area (Å²) in [6.45, 7) is 2.39. The first-order valence-corrected chi connectivity index (χ1v) is 10.7. The van der Waals surface area contributed by atoms with Crippen LogP contribution in [0.1, 0.15) is 25.3 Å². The van der Waals surface area contributed by atoms with Crippen molar-refractivity contribution >= 4 is 39.3 Å². The molecule has 1 aromatic rings. The summed E-state index contributed by atoms with van der Waals surface area (Å²) in [5.41, 5.74) is -0.160. The summed E-state index contributed by atoms with van der Waals surface area (Å²) in [5, 5.41) is 16.4. The Morgan fingerprint density at radius 3 is 2.83 bits per heavy atom. The molecule has 0 bridgehead atoms. The fourth-order valence-corrected chi connectivity index (χ4v) is 5.71. The number of carbonyl (C=O) groups excluding carboxylic acids is 3. The molecule has 4 heterocycles. The first-order chi connectivity index (χ1) is 13.8. The number of nitrogens with one attached hydrogen (secondary N) is 2. The van der Waals surface area contributed by atoms with Crippen LogP contribution in [-0.4, -0.2) is 59.1 Å². The van der Waals surface area contributed by atoms with E-state index in [2.05, 4.69) is 26.6 Å². The van der Waals surface area contributed by atoms with Gasteiger partial charge in [-0.3, -0.25) is 24.6 Å². The maximum absolute atomic E-state index is 13.5. The highest BCUT2D eigenvalue weighted by Crippen LogP contribution is 2.53. The molecule has 0 radical (unpaired) electrons. The molecule has 0 aliphatic carbocycles. The number of nitrogens with zero attached hydrogens (tertiary/aromatic N) is 1. The summed E-state index contributed by atoms with van der Waals surface area (Å²) < 4.78 is 6.38. The number of hydrogen-bond donors (Lipinski definition) is 3. The highest BCUT2D eigenvalue weighted by Gasteiger charge is 2.71. The van der Waals surface area contributed by atoms with Crippen molar-refractivity contribution in [3.05, 3.63) is 28.2 Å². The average Bonchev–Trinajstić information content (AvgIpc) is 3.41. The van der Waals surface area contributed by atoms with Crippen LogP contribution in [0, 0.1) is 11.8 Å². The highest BCUT2D eigenvalue weighted by atomic mass is 79.9. The SMILES string of the molecule is C[C@H](O)[C@@H]1N[C@]2(C(=O)Nc3ccc(Br)cc32)[C@@H]2C(=O)N(C[C@@H]3CCCO3)C(=O)[C@H]12. The summed E-state index contributed by atoms with van der Waals surface area (Å²) in [6, 6.07) is 4.66. The lowest BCUT2D eigenvalue weighted by Crippen LogP contribution is -2.55. The molecule has 154 valence electrons. The maximum atomic E-state index is 13.5. The van der Waals surface area contributed by atoms with Gasteiger partial charge in [0.1, 0.15) is 5.54 Å². The number of anilines is 1. The molecule has 4 aliphatic rings. The number of amides is 3. The van der Waals surface area contributed by atoms with Crippen LogP contribution in [0.2, 0.25) is 0 Å². The van der Waals surface area contributed by atoms with Gasteiger partial charge in [0.25, 0.3) is 0 Å². The zero-order chi connectivity index (χ0) is 20.5. The molecule has 4 aliphatic heterocycles. The van der Waals surface area contributed by atoms with Gasteiger partial charge in [0.05, 0.1) is 30.6 Å². The van der Waals surface area contributed by atoms with Gasteiger partial charge >= 0.3 is 0 Å². The van der Waals surface area contributed by atoms with Crippen molar-refractivity contribution in [2.45, 2.75) is 43.6 Å². The van der Waals surface area contributed by atoms with E-state index < -0.39 is 29.5 Å². The first kappa shape index (κ1) is 19.2. The fraction of sp³-hybridized carbons (Fsp3) is 0.550. The second-order valence-electron chi connectivity index (χ2n) is 8.29.